The Balaban J connectivity index is 1.30. The van der Waals surface area contributed by atoms with Gasteiger partial charge in [0.2, 0.25) is 5.91 Å². The summed E-state index contributed by atoms with van der Waals surface area (Å²) < 4.78 is 0. The Morgan fingerprint density at radius 2 is 1.63 bits per heavy atom. The Morgan fingerprint density at radius 1 is 0.963 bits per heavy atom. The van der Waals surface area contributed by atoms with Gasteiger partial charge in [-0.25, -0.2) is 0 Å². The predicted molar refractivity (Wildman–Crippen MR) is 109 cm³/mol. The number of carbonyl (C=O) groups is 1. The highest BCUT2D eigenvalue weighted by Gasteiger charge is 2.30. The highest BCUT2D eigenvalue weighted by atomic mass is 16.2. The minimum absolute atomic E-state index is 0.0240. The van der Waals surface area contributed by atoms with Crippen LogP contribution in [0.15, 0.2) is 54.6 Å². The Kier molecular flexibility index (Phi) is 5.58. The molecule has 0 radical (unpaired) electrons. The third-order valence-corrected chi connectivity index (χ3v) is 6.36. The monoisotopic (exact) mass is 362 g/mol. The smallest absolute Gasteiger partial charge is 0.239 e. The summed E-state index contributed by atoms with van der Waals surface area (Å²) in [5, 5.41) is 0. The molecule has 4 rings (SSSR count). The molecule has 0 unspecified atom stereocenters. The van der Waals surface area contributed by atoms with Gasteiger partial charge in [0, 0.05) is 26.2 Å². The number of nitrogens with zero attached hydrogens (tertiary/aromatic N) is 2. The molecule has 1 saturated heterocycles. The molecule has 0 N–H and O–H groups in total. The molecule has 0 spiro atoms. The van der Waals surface area contributed by atoms with Gasteiger partial charge in [-0.1, -0.05) is 54.6 Å². The predicted octanol–water partition coefficient (Wildman–Crippen LogP) is 3.91. The summed E-state index contributed by atoms with van der Waals surface area (Å²) in [6.07, 6.45) is 4.43. The summed E-state index contributed by atoms with van der Waals surface area (Å²) in [4.78, 5) is 17.5. The first-order valence-electron chi connectivity index (χ1n) is 10.3. The molecule has 1 fully saturated rings. The van der Waals surface area contributed by atoms with E-state index in [1.807, 2.05) is 0 Å². The van der Waals surface area contributed by atoms with Gasteiger partial charge >= 0.3 is 0 Å². The van der Waals surface area contributed by atoms with E-state index in [0.29, 0.717) is 11.8 Å². The first-order chi connectivity index (χ1) is 13.2. The molecule has 0 saturated carbocycles. The van der Waals surface area contributed by atoms with E-state index in [4.69, 9.17) is 0 Å². The van der Waals surface area contributed by atoms with E-state index >= 15 is 0 Å². The van der Waals surface area contributed by atoms with E-state index in [1.54, 1.807) is 0 Å². The van der Waals surface area contributed by atoms with Crippen molar-refractivity contribution in [1.82, 2.24) is 9.80 Å². The molecule has 0 aliphatic carbocycles. The van der Waals surface area contributed by atoms with Crippen molar-refractivity contribution in [3.8, 4) is 0 Å². The van der Waals surface area contributed by atoms with Gasteiger partial charge in [0.25, 0.3) is 0 Å². The zero-order valence-corrected chi connectivity index (χ0v) is 16.3. The minimum atomic E-state index is -0.0240. The summed E-state index contributed by atoms with van der Waals surface area (Å²) in [6.45, 7) is 5.78. The average Bonchev–Trinajstić information content (AvgIpc) is 2.73. The molecule has 3 heteroatoms. The van der Waals surface area contributed by atoms with E-state index in [9.17, 15) is 4.79 Å². The molecular formula is C24H30N2O. The maximum atomic E-state index is 13.1. The highest BCUT2D eigenvalue weighted by Crippen LogP contribution is 2.24. The van der Waals surface area contributed by atoms with E-state index < -0.39 is 0 Å². The van der Waals surface area contributed by atoms with E-state index in [1.165, 1.54) is 16.7 Å². The van der Waals surface area contributed by atoms with Crippen molar-refractivity contribution in [2.24, 2.45) is 5.92 Å². The van der Waals surface area contributed by atoms with Gasteiger partial charge in [0.1, 0.15) is 0 Å². The first-order valence-corrected chi connectivity index (χ1v) is 10.3. The minimum Gasteiger partial charge on any atom is -0.341 e. The number of likely N-dealkylation sites (tertiary alicyclic amines) is 1. The molecule has 2 aliphatic heterocycles. The fourth-order valence-electron chi connectivity index (χ4n) is 4.57. The fraction of sp³-hybridized carbons (Fsp3) is 0.458. The van der Waals surface area contributed by atoms with Crippen LogP contribution in [-0.2, 0) is 24.2 Å². The van der Waals surface area contributed by atoms with E-state index in [0.717, 1.165) is 51.9 Å². The maximum Gasteiger partial charge on any atom is 0.239 e. The molecular weight excluding hydrogens is 332 g/mol. The Labute approximate surface area is 163 Å². The molecule has 0 bridgehead atoms. The van der Waals surface area contributed by atoms with Crippen molar-refractivity contribution in [2.75, 3.05) is 19.6 Å². The van der Waals surface area contributed by atoms with Crippen LogP contribution in [0.1, 0.15) is 36.5 Å². The van der Waals surface area contributed by atoms with Crippen molar-refractivity contribution in [3.63, 3.8) is 0 Å². The normalized spacial score (nSPS) is 19.5. The molecule has 1 amide bonds. The van der Waals surface area contributed by atoms with Crippen LogP contribution in [0.4, 0.5) is 0 Å². The number of amides is 1. The van der Waals surface area contributed by atoms with Crippen LogP contribution in [0.5, 0.6) is 0 Å². The van der Waals surface area contributed by atoms with Crippen molar-refractivity contribution in [2.45, 2.75) is 45.2 Å². The summed E-state index contributed by atoms with van der Waals surface area (Å²) in [7, 11) is 0. The number of fused-ring (bicyclic) bond motifs is 1. The van der Waals surface area contributed by atoms with Crippen LogP contribution in [0.3, 0.4) is 0 Å². The third kappa shape index (κ3) is 4.24. The van der Waals surface area contributed by atoms with Gasteiger partial charge in [-0.05, 0) is 55.2 Å². The average molecular weight is 363 g/mol. The van der Waals surface area contributed by atoms with E-state index in [2.05, 4.69) is 71.3 Å². The van der Waals surface area contributed by atoms with Crippen molar-refractivity contribution in [1.29, 1.82) is 0 Å². The number of hydrogen-bond donors (Lipinski definition) is 0. The molecule has 2 heterocycles. The number of rotatable bonds is 4. The highest BCUT2D eigenvalue weighted by molar-refractivity contribution is 5.81. The lowest BCUT2D eigenvalue weighted by Crippen LogP contribution is -2.50. The second kappa shape index (κ2) is 8.26. The molecule has 2 aromatic carbocycles. The summed E-state index contributed by atoms with van der Waals surface area (Å²) in [5.74, 6) is 1.01. The van der Waals surface area contributed by atoms with Gasteiger partial charge < -0.3 is 4.90 Å². The third-order valence-electron chi connectivity index (χ3n) is 6.36. The largest absolute Gasteiger partial charge is 0.341 e. The van der Waals surface area contributed by atoms with Crippen LogP contribution < -0.4 is 0 Å². The molecule has 0 aromatic heterocycles. The second-order valence-corrected chi connectivity index (χ2v) is 8.12. The molecule has 2 aliphatic rings. The standard InChI is InChI=1S/C24H30N2O/c1-19(26-16-13-22-9-5-6-10-23(22)18-26)24(27)25-14-11-21(12-15-25)17-20-7-3-2-4-8-20/h2-10,19,21H,11-18H2,1H3/t19-/m1/s1. The SMILES string of the molecule is C[C@H](C(=O)N1CCC(Cc2ccccc2)CC1)N1CCc2ccccc2C1. The maximum absolute atomic E-state index is 13.1. The molecule has 142 valence electrons. The zero-order valence-electron chi connectivity index (χ0n) is 16.3. The van der Waals surface area contributed by atoms with Gasteiger partial charge in [-0.15, -0.1) is 0 Å². The number of carbonyl (C=O) groups excluding carboxylic acids is 1. The van der Waals surface area contributed by atoms with Crippen molar-refractivity contribution < 1.29 is 4.79 Å². The molecule has 3 nitrogen and oxygen atoms in total. The van der Waals surface area contributed by atoms with E-state index in [-0.39, 0.29) is 6.04 Å². The number of hydrogen-bond acceptors (Lipinski definition) is 2. The molecule has 1 atom stereocenters. The first kappa shape index (κ1) is 18.2. The van der Waals surface area contributed by atoms with Gasteiger partial charge in [0.15, 0.2) is 0 Å². The van der Waals surface area contributed by atoms with Crippen LogP contribution in [0, 0.1) is 5.92 Å². The van der Waals surface area contributed by atoms with Crippen LogP contribution in [-0.4, -0.2) is 41.4 Å². The van der Waals surface area contributed by atoms with Gasteiger partial charge in [-0.3, -0.25) is 9.69 Å². The molecule has 2 aromatic rings. The van der Waals surface area contributed by atoms with Crippen molar-refractivity contribution in [3.05, 3.63) is 71.3 Å². The topological polar surface area (TPSA) is 23.6 Å². The lowest BCUT2D eigenvalue weighted by atomic mass is 9.90. The summed E-state index contributed by atoms with van der Waals surface area (Å²) in [5.41, 5.74) is 4.24. The quantitative estimate of drug-likeness (QED) is 0.823. The fourth-order valence-corrected chi connectivity index (χ4v) is 4.57. The van der Waals surface area contributed by atoms with Crippen LogP contribution in [0.25, 0.3) is 0 Å². The Morgan fingerprint density at radius 3 is 2.37 bits per heavy atom. The molecule has 27 heavy (non-hydrogen) atoms. The zero-order chi connectivity index (χ0) is 18.6. The van der Waals surface area contributed by atoms with Crippen LogP contribution >= 0.6 is 0 Å². The Hall–Kier alpha value is -2.13. The number of piperidine rings is 1. The number of benzene rings is 2. The summed E-state index contributed by atoms with van der Waals surface area (Å²) >= 11 is 0. The second-order valence-electron chi connectivity index (χ2n) is 8.12. The lowest BCUT2D eigenvalue weighted by Gasteiger charge is -2.38. The lowest BCUT2D eigenvalue weighted by molar-refractivity contribution is -0.138. The van der Waals surface area contributed by atoms with Crippen molar-refractivity contribution >= 4 is 5.91 Å². The Bertz CT molecular complexity index is 765. The van der Waals surface area contributed by atoms with Gasteiger partial charge in [0.05, 0.1) is 6.04 Å². The summed E-state index contributed by atoms with van der Waals surface area (Å²) in [6, 6.07) is 19.4. The van der Waals surface area contributed by atoms with Crippen LogP contribution in [0.2, 0.25) is 0 Å². The van der Waals surface area contributed by atoms with Gasteiger partial charge in [-0.2, -0.15) is 0 Å².